The van der Waals surface area contributed by atoms with Crippen LogP contribution in [0.3, 0.4) is 0 Å². The molecule has 0 bridgehead atoms. The van der Waals surface area contributed by atoms with Gasteiger partial charge < -0.3 is 0 Å². The first-order valence-electron chi connectivity index (χ1n) is 3.99. The van der Waals surface area contributed by atoms with Crippen LogP contribution < -0.4 is 0 Å². The van der Waals surface area contributed by atoms with Crippen LogP contribution in [0.15, 0.2) is 28.7 Å². The molecule has 0 fully saturated rings. The molecule has 0 amide bonds. The molecule has 0 aliphatic rings. The maximum atomic E-state index is 3.42. The lowest BCUT2D eigenvalue weighted by Gasteiger charge is -2.07. The first-order valence-corrected chi connectivity index (χ1v) is 4.78. The Morgan fingerprint density at radius 1 is 1.27 bits per heavy atom. The standard InChI is InChI=1S/C10H13Br/c1-3-8(2)9-4-6-10(11)7-5-9/h4-8H,3H2,1-2H3. The lowest BCUT2D eigenvalue weighted by molar-refractivity contribution is 0.733. The molecule has 11 heavy (non-hydrogen) atoms. The van der Waals surface area contributed by atoms with Crippen molar-refractivity contribution in [2.24, 2.45) is 0 Å². The van der Waals surface area contributed by atoms with Crippen molar-refractivity contribution >= 4 is 15.9 Å². The Hall–Kier alpha value is -0.300. The van der Waals surface area contributed by atoms with Crippen LogP contribution in [0.4, 0.5) is 0 Å². The predicted octanol–water partition coefficient (Wildman–Crippen LogP) is 3.96. The maximum absolute atomic E-state index is 3.42. The van der Waals surface area contributed by atoms with E-state index >= 15 is 0 Å². The Balaban J connectivity index is 2.81. The Labute approximate surface area is 76.8 Å². The van der Waals surface area contributed by atoms with Gasteiger partial charge in [0.1, 0.15) is 0 Å². The third-order valence-corrected chi connectivity index (χ3v) is 2.58. The number of hydrogen-bond donors (Lipinski definition) is 0. The fourth-order valence-corrected chi connectivity index (χ4v) is 1.29. The monoisotopic (exact) mass is 212 g/mol. The van der Waals surface area contributed by atoms with E-state index < -0.39 is 0 Å². The second kappa shape index (κ2) is 3.91. The second-order valence-electron chi connectivity index (χ2n) is 2.86. The lowest BCUT2D eigenvalue weighted by Crippen LogP contribution is -1.89. The van der Waals surface area contributed by atoms with E-state index in [0.29, 0.717) is 5.92 Å². The van der Waals surface area contributed by atoms with E-state index in [2.05, 4.69) is 54.0 Å². The molecule has 0 N–H and O–H groups in total. The van der Waals surface area contributed by atoms with Crippen LogP contribution in [0.1, 0.15) is 31.7 Å². The summed E-state index contributed by atoms with van der Waals surface area (Å²) in [4.78, 5) is 0. The molecule has 0 saturated heterocycles. The van der Waals surface area contributed by atoms with Gasteiger partial charge >= 0.3 is 0 Å². The van der Waals surface area contributed by atoms with Gasteiger partial charge in [0, 0.05) is 4.47 Å². The van der Waals surface area contributed by atoms with Gasteiger partial charge in [-0.15, -0.1) is 0 Å². The van der Waals surface area contributed by atoms with Gasteiger partial charge in [0.15, 0.2) is 0 Å². The molecule has 1 rings (SSSR count). The van der Waals surface area contributed by atoms with Crippen molar-refractivity contribution in [3.63, 3.8) is 0 Å². The minimum atomic E-state index is 0.683. The van der Waals surface area contributed by atoms with Crippen LogP contribution in [0, 0.1) is 0 Å². The summed E-state index contributed by atoms with van der Waals surface area (Å²) in [5, 5.41) is 0. The van der Waals surface area contributed by atoms with Crippen LogP contribution in [0.5, 0.6) is 0 Å². The van der Waals surface area contributed by atoms with Gasteiger partial charge in [-0.05, 0) is 30.0 Å². The summed E-state index contributed by atoms with van der Waals surface area (Å²) < 4.78 is 1.16. The second-order valence-corrected chi connectivity index (χ2v) is 3.78. The van der Waals surface area contributed by atoms with Crippen molar-refractivity contribution in [3.05, 3.63) is 34.3 Å². The first-order chi connectivity index (χ1) is 5.24. The topological polar surface area (TPSA) is 0 Å². The molecule has 0 nitrogen and oxygen atoms in total. The molecule has 0 heterocycles. The number of hydrogen-bond acceptors (Lipinski definition) is 0. The fourth-order valence-electron chi connectivity index (χ4n) is 1.03. The quantitative estimate of drug-likeness (QED) is 0.697. The van der Waals surface area contributed by atoms with Crippen molar-refractivity contribution < 1.29 is 0 Å². The molecule has 0 aliphatic heterocycles. The van der Waals surface area contributed by atoms with Crippen LogP contribution in [-0.2, 0) is 0 Å². The highest BCUT2D eigenvalue weighted by Gasteiger charge is 2.00. The molecule has 0 spiro atoms. The summed E-state index contributed by atoms with van der Waals surface area (Å²) in [5.74, 6) is 0.683. The van der Waals surface area contributed by atoms with Crippen molar-refractivity contribution in [1.82, 2.24) is 0 Å². The zero-order valence-corrected chi connectivity index (χ0v) is 8.56. The van der Waals surface area contributed by atoms with Gasteiger partial charge in [0.05, 0.1) is 0 Å². The third kappa shape index (κ3) is 2.33. The van der Waals surface area contributed by atoms with Gasteiger partial charge in [-0.3, -0.25) is 0 Å². The van der Waals surface area contributed by atoms with E-state index in [0.717, 1.165) is 4.47 Å². The van der Waals surface area contributed by atoms with Crippen molar-refractivity contribution in [1.29, 1.82) is 0 Å². The van der Waals surface area contributed by atoms with Crippen LogP contribution in [-0.4, -0.2) is 0 Å². The zero-order valence-electron chi connectivity index (χ0n) is 6.97. The van der Waals surface area contributed by atoms with Crippen molar-refractivity contribution in [3.8, 4) is 0 Å². The smallest absolute Gasteiger partial charge is 0.0175 e. The highest BCUT2D eigenvalue weighted by molar-refractivity contribution is 9.10. The van der Waals surface area contributed by atoms with Gasteiger partial charge in [-0.25, -0.2) is 0 Å². The molecule has 0 aromatic heterocycles. The normalized spacial score (nSPS) is 13.0. The average Bonchev–Trinajstić information content (AvgIpc) is 2.05. The maximum Gasteiger partial charge on any atom is 0.0175 e. The largest absolute Gasteiger partial charge is 0.0648 e. The van der Waals surface area contributed by atoms with Crippen LogP contribution in [0.2, 0.25) is 0 Å². The van der Waals surface area contributed by atoms with Crippen LogP contribution >= 0.6 is 15.9 Å². The van der Waals surface area contributed by atoms with E-state index in [1.165, 1.54) is 12.0 Å². The van der Waals surface area contributed by atoms with Gasteiger partial charge in [0.2, 0.25) is 0 Å². The van der Waals surface area contributed by atoms with E-state index in [1.807, 2.05) is 0 Å². The summed E-state index contributed by atoms with van der Waals surface area (Å²) >= 11 is 3.42. The Morgan fingerprint density at radius 2 is 1.82 bits per heavy atom. The molecular formula is C10H13Br. The molecule has 0 aliphatic carbocycles. The molecule has 0 saturated carbocycles. The minimum absolute atomic E-state index is 0.683. The highest BCUT2D eigenvalue weighted by atomic mass is 79.9. The van der Waals surface area contributed by atoms with Crippen LogP contribution in [0.25, 0.3) is 0 Å². The van der Waals surface area contributed by atoms with E-state index in [9.17, 15) is 0 Å². The van der Waals surface area contributed by atoms with E-state index in [1.54, 1.807) is 0 Å². The number of halogens is 1. The Kier molecular flexibility index (Phi) is 3.13. The van der Waals surface area contributed by atoms with Gasteiger partial charge in [0.25, 0.3) is 0 Å². The summed E-state index contributed by atoms with van der Waals surface area (Å²) in [7, 11) is 0. The van der Waals surface area contributed by atoms with Crippen molar-refractivity contribution in [2.45, 2.75) is 26.2 Å². The predicted molar refractivity (Wildman–Crippen MR) is 52.8 cm³/mol. The molecule has 1 aromatic rings. The highest BCUT2D eigenvalue weighted by Crippen LogP contribution is 2.20. The minimum Gasteiger partial charge on any atom is -0.0648 e. The molecule has 1 heteroatoms. The van der Waals surface area contributed by atoms with Gasteiger partial charge in [-0.2, -0.15) is 0 Å². The molecule has 1 aromatic carbocycles. The fraction of sp³-hybridized carbons (Fsp3) is 0.400. The zero-order chi connectivity index (χ0) is 8.27. The van der Waals surface area contributed by atoms with E-state index in [4.69, 9.17) is 0 Å². The SMILES string of the molecule is CCC(C)c1ccc(Br)cc1. The molecule has 0 radical (unpaired) electrons. The lowest BCUT2D eigenvalue weighted by atomic mass is 9.99. The molecular weight excluding hydrogens is 200 g/mol. The summed E-state index contributed by atoms with van der Waals surface area (Å²) in [6.45, 7) is 4.47. The number of rotatable bonds is 2. The third-order valence-electron chi connectivity index (χ3n) is 2.05. The van der Waals surface area contributed by atoms with Gasteiger partial charge in [-0.1, -0.05) is 41.9 Å². The summed E-state index contributed by atoms with van der Waals surface area (Å²) in [6.07, 6.45) is 1.21. The molecule has 1 unspecified atom stereocenters. The Morgan fingerprint density at radius 3 is 2.27 bits per heavy atom. The summed E-state index contributed by atoms with van der Waals surface area (Å²) in [6, 6.07) is 8.56. The number of benzene rings is 1. The Bertz CT molecular complexity index is 213. The summed E-state index contributed by atoms with van der Waals surface area (Å²) in [5.41, 5.74) is 1.43. The van der Waals surface area contributed by atoms with Crippen molar-refractivity contribution in [2.75, 3.05) is 0 Å². The molecule has 60 valence electrons. The average molecular weight is 213 g/mol. The molecule has 1 atom stereocenters. The van der Waals surface area contributed by atoms with E-state index in [-0.39, 0.29) is 0 Å². The first kappa shape index (κ1) is 8.79.